The molecule has 0 atom stereocenters. The number of hydrogen-bond donors (Lipinski definition) is 2. The van der Waals surface area contributed by atoms with Gasteiger partial charge in [0.15, 0.2) is 0 Å². The molecule has 0 unspecified atom stereocenters. The molecule has 0 bridgehead atoms. The van der Waals surface area contributed by atoms with Crippen LogP contribution in [0.5, 0.6) is 17.2 Å². The first kappa shape index (κ1) is 14.4. The van der Waals surface area contributed by atoms with Crippen molar-refractivity contribution in [2.24, 2.45) is 0 Å². The van der Waals surface area contributed by atoms with Crippen molar-refractivity contribution >= 4 is 0 Å². The normalized spacial score (nSPS) is 10.2. The highest BCUT2D eigenvalue weighted by Crippen LogP contribution is 2.23. The highest BCUT2D eigenvalue weighted by atomic mass is 16.5. The second kappa shape index (κ2) is 8.19. The summed E-state index contributed by atoms with van der Waals surface area (Å²) in [5.74, 6) is 2.40. The van der Waals surface area contributed by atoms with Crippen LogP contribution in [0.25, 0.3) is 0 Å². The third-order valence-corrected chi connectivity index (χ3v) is 2.64. The van der Waals surface area contributed by atoms with E-state index in [-0.39, 0.29) is 6.61 Å². The molecule has 0 aliphatic carbocycles. The second-order valence-corrected chi connectivity index (χ2v) is 4.21. The molecule has 2 N–H and O–H groups in total. The fraction of sp³-hybridized carbons (Fsp3) is 0.250. The van der Waals surface area contributed by atoms with Gasteiger partial charge in [0.2, 0.25) is 0 Å². The van der Waals surface area contributed by atoms with E-state index in [0.29, 0.717) is 19.7 Å². The third-order valence-electron chi connectivity index (χ3n) is 2.64. The van der Waals surface area contributed by atoms with Gasteiger partial charge in [-0.15, -0.1) is 0 Å². The maximum Gasteiger partial charge on any atom is 0.127 e. The van der Waals surface area contributed by atoms with Gasteiger partial charge >= 0.3 is 0 Å². The number of rotatable bonds is 8. The van der Waals surface area contributed by atoms with Crippen molar-refractivity contribution in [2.75, 3.05) is 26.3 Å². The Morgan fingerprint density at radius 1 is 0.800 bits per heavy atom. The van der Waals surface area contributed by atoms with Crippen molar-refractivity contribution in [1.29, 1.82) is 0 Å². The molecule has 0 saturated heterocycles. The molecule has 0 aliphatic rings. The maximum atomic E-state index is 8.62. The SMILES string of the molecule is OCCNCCOc1ccc(Oc2ccccc2)cc1. The molecule has 4 nitrogen and oxygen atoms in total. The summed E-state index contributed by atoms with van der Waals surface area (Å²) in [6.45, 7) is 2.01. The quantitative estimate of drug-likeness (QED) is 0.725. The van der Waals surface area contributed by atoms with E-state index in [1.165, 1.54) is 0 Å². The predicted molar refractivity (Wildman–Crippen MR) is 78.4 cm³/mol. The number of nitrogens with one attached hydrogen (secondary N) is 1. The molecule has 4 heteroatoms. The van der Waals surface area contributed by atoms with Crippen LogP contribution in [0.1, 0.15) is 0 Å². The van der Waals surface area contributed by atoms with E-state index in [1.54, 1.807) is 0 Å². The Morgan fingerprint density at radius 2 is 1.45 bits per heavy atom. The summed E-state index contributed by atoms with van der Waals surface area (Å²) in [7, 11) is 0. The van der Waals surface area contributed by atoms with Crippen molar-refractivity contribution in [3.8, 4) is 17.2 Å². The lowest BCUT2D eigenvalue weighted by atomic mass is 10.3. The molecule has 2 rings (SSSR count). The van der Waals surface area contributed by atoms with Crippen LogP contribution in [-0.4, -0.2) is 31.4 Å². The maximum absolute atomic E-state index is 8.62. The van der Waals surface area contributed by atoms with Crippen molar-refractivity contribution in [2.45, 2.75) is 0 Å². The zero-order valence-electron chi connectivity index (χ0n) is 11.3. The molecule has 0 aliphatic heterocycles. The van der Waals surface area contributed by atoms with Gasteiger partial charge in [0.05, 0.1) is 6.61 Å². The molecular weight excluding hydrogens is 254 g/mol. The largest absolute Gasteiger partial charge is 0.492 e. The van der Waals surface area contributed by atoms with E-state index in [1.807, 2.05) is 54.6 Å². The minimum atomic E-state index is 0.144. The van der Waals surface area contributed by atoms with Crippen LogP contribution in [-0.2, 0) is 0 Å². The Bertz CT molecular complexity index is 485. The summed E-state index contributed by atoms with van der Waals surface area (Å²) >= 11 is 0. The van der Waals surface area contributed by atoms with Gasteiger partial charge in [-0.1, -0.05) is 18.2 Å². The van der Waals surface area contributed by atoms with Crippen LogP contribution in [0, 0.1) is 0 Å². The van der Waals surface area contributed by atoms with E-state index in [9.17, 15) is 0 Å². The van der Waals surface area contributed by atoms with Crippen LogP contribution in [0.3, 0.4) is 0 Å². The topological polar surface area (TPSA) is 50.7 Å². The van der Waals surface area contributed by atoms with Crippen molar-refractivity contribution < 1.29 is 14.6 Å². The first-order valence-corrected chi connectivity index (χ1v) is 6.66. The van der Waals surface area contributed by atoms with E-state index in [4.69, 9.17) is 14.6 Å². The summed E-state index contributed by atoms with van der Waals surface area (Å²) in [6, 6.07) is 17.2. The highest BCUT2D eigenvalue weighted by molar-refractivity contribution is 5.35. The zero-order valence-corrected chi connectivity index (χ0v) is 11.3. The summed E-state index contributed by atoms with van der Waals surface area (Å²) in [5.41, 5.74) is 0. The molecule has 106 valence electrons. The first-order chi connectivity index (χ1) is 9.88. The molecule has 0 amide bonds. The summed E-state index contributed by atoms with van der Waals surface area (Å²) in [4.78, 5) is 0. The average molecular weight is 273 g/mol. The van der Waals surface area contributed by atoms with E-state index < -0.39 is 0 Å². The van der Waals surface area contributed by atoms with Crippen molar-refractivity contribution in [1.82, 2.24) is 5.32 Å². The number of hydrogen-bond acceptors (Lipinski definition) is 4. The standard InChI is InChI=1S/C16H19NO3/c18-12-10-17-11-13-19-14-6-8-16(9-7-14)20-15-4-2-1-3-5-15/h1-9,17-18H,10-13H2. The lowest BCUT2D eigenvalue weighted by molar-refractivity contribution is 0.276. The second-order valence-electron chi connectivity index (χ2n) is 4.21. The van der Waals surface area contributed by atoms with Crippen LogP contribution >= 0.6 is 0 Å². The molecule has 0 spiro atoms. The highest BCUT2D eigenvalue weighted by Gasteiger charge is 1.98. The first-order valence-electron chi connectivity index (χ1n) is 6.66. The monoisotopic (exact) mass is 273 g/mol. The Balaban J connectivity index is 1.78. The Labute approximate surface area is 119 Å². The number of ether oxygens (including phenoxy) is 2. The summed E-state index contributed by atoms with van der Waals surface area (Å²) < 4.78 is 11.3. The fourth-order valence-electron chi connectivity index (χ4n) is 1.67. The van der Waals surface area contributed by atoms with Gasteiger partial charge in [-0.3, -0.25) is 0 Å². The molecular formula is C16H19NO3. The molecule has 0 radical (unpaired) electrons. The molecule has 20 heavy (non-hydrogen) atoms. The molecule has 0 saturated carbocycles. The summed E-state index contributed by atoms with van der Waals surface area (Å²) in [6.07, 6.45) is 0. The number of benzene rings is 2. The van der Waals surface area contributed by atoms with Gasteiger partial charge in [0.25, 0.3) is 0 Å². The van der Waals surface area contributed by atoms with E-state index in [0.717, 1.165) is 17.2 Å². The lowest BCUT2D eigenvalue weighted by Gasteiger charge is -2.08. The molecule has 2 aromatic carbocycles. The minimum Gasteiger partial charge on any atom is -0.492 e. The molecule has 0 fully saturated rings. The predicted octanol–water partition coefficient (Wildman–Crippen LogP) is 2.44. The summed E-state index contributed by atoms with van der Waals surface area (Å²) in [5, 5.41) is 11.7. The van der Waals surface area contributed by atoms with Crippen molar-refractivity contribution in [3.05, 3.63) is 54.6 Å². The zero-order chi connectivity index (χ0) is 14.0. The Hall–Kier alpha value is -2.04. The number of aliphatic hydroxyl groups is 1. The third kappa shape index (κ3) is 4.91. The van der Waals surface area contributed by atoms with Crippen LogP contribution in [0.4, 0.5) is 0 Å². The Morgan fingerprint density at radius 3 is 2.15 bits per heavy atom. The number of aliphatic hydroxyl groups excluding tert-OH is 1. The van der Waals surface area contributed by atoms with E-state index >= 15 is 0 Å². The van der Waals surface area contributed by atoms with Crippen LogP contribution in [0.15, 0.2) is 54.6 Å². The molecule has 0 aromatic heterocycles. The molecule has 2 aromatic rings. The van der Waals surface area contributed by atoms with Gasteiger partial charge in [-0.05, 0) is 36.4 Å². The Kier molecular flexibility index (Phi) is 5.89. The number of para-hydroxylation sites is 1. The smallest absolute Gasteiger partial charge is 0.127 e. The lowest BCUT2D eigenvalue weighted by Crippen LogP contribution is -2.23. The average Bonchev–Trinajstić information content (AvgIpc) is 2.50. The van der Waals surface area contributed by atoms with Gasteiger partial charge in [0.1, 0.15) is 23.9 Å². The van der Waals surface area contributed by atoms with Gasteiger partial charge in [-0.25, -0.2) is 0 Å². The fourth-order valence-corrected chi connectivity index (χ4v) is 1.67. The van der Waals surface area contributed by atoms with Crippen molar-refractivity contribution in [3.63, 3.8) is 0 Å². The van der Waals surface area contributed by atoms with E-state index in [2.05, 4.69) is 5.32 Å². The molecule has 0 heterocycles. The van der Waals surface area contributed by atoms with Crippen LogP contribution in [0.2, 0.25) is 0 Å². The van der Waals surface area contributed by atoms with Crippen LogP contribution < -0.4 is 14.8 Å². The van der Waals surface area contributed by atoms with Gasteiger partial charge < -0.3 is 19.9 Å². The van der Waals surface area contributed by atoms with Gasteiger partial charge in [-0.2, -0.15) is 0 Å². The minimum absolute atomic E-state index is 0.144. The van der Waals surface area contributed by atoms with Gasteiger partial charge in [0, 0.05) is 13.1 Å².